The molecule has 1 aliphatic rings. The summed E-state index contributed by atoms with van der Waals surface area (Å²) in [5.41, 5.74) is 1.83. The molecule has 1 amide bonds. The number of amidine groups is 1. The number of halogens is 2. The third-order valence-electron chi connectivity index (χ3n) is 3.50. The van der Waals surface area contributed by atoms with Crippen molar-refractivity contribution in [2.24, 2.45) is 10.2 Å². The average molecular weight is 391 g/mol. The third kappa shape index (κ3) is 5.40. The summed E-state index contributed by atoms with van der Waals surface area (Å²) in [5, 5.41) is 10.9. The minimum absolute atomic E-state index is 0.130. The van der Waals surface area contributed by atoms with Gasteiger partial charge in [0.15, 0.2) is 5.17 Å². The second-order valence-electron chi connectivity index (χ2n) is 5.38. The van der Waals surface area contributed by atoms with Crippen LogP contribution in [0.1, 0.15) is 11.1 Å². The van der Waals surface area contributed by atoms with Gasteiger partial charge in [0.1, 0.15) is 0 Å². The van der Waals surface area contributed by atoms with Crippen LogP contribution in [0, 0.1) is 0 Å². The Bertz CT molecular complexity index is 811. The van der Waals surface area contributed by atoms with Gasteiger partial charge in [-0.3, -0.25) is 4.79 Å². The maximum absolute atomic E-state index is 12.3. The maximum atomic E-state index is 12.3. The van der Waals surface area contributed by atoms with Crippen molar-refractivity contribution in [3.8, 4) is 0 Å². The van der Waals surface area contributed by atoms with Gasteiger partial charge >= 0.3 is 0 Å². The van der Waals surface area contributed by atoms with E-state index in [0.717, 1.165) is 11.1 Å². The Morgan fingerprint density at radius 1 is 1.15 bits per heavy atom. The van der Waals surface area contributed by atoms with Crippen molar-refractivity contribution in [2.75, 3.05) is 0 Å². The monoisotopic (exact) mass is 391 g/mol. The van der Waals surface area contributed by atoms with E-state index in [1.54, 1.807) is 30.5 Å². The van der Waals surface area contributed by atoms with E-state index in [0.29, 0.717) is 28.2 Å². The first-order chi connectivity index (χ1) is 12.6. The molecule has 8 heteroatoms. The van der Waals surface area contributed by atoms with E-state index < -0.39 is 5.76 Å². The molecule has 0 spiro atoms. The van der Waals surface area contributed by atoms with Crippen LogP contribution in [0.4, 0.5) is 8.78 Å². The highest BCUT2D eigenvalue weighted by Crippen LogP contribution is 2.27. The summed E-state index contributed by atoms with van der Waals surface area (Å²) in [6.45, 7) is 0. The summed E-state index contributed by atoms with van der Waals surface area (Å²) in [5.74, 6) is -2.57. The van der Waals surface area contributed by atoms with Crippen molar-refractivity contribution >= 4 is 40.8 Å². The lowest BCUT2D eigenvalue weighted by atomic mass is 10.1. The summed E-state index contributed by atoms with van der Waals surface area (Å²) in [6, 6.07) is 16.4. The Morgan fingerprint density at radius 2 is 1.88 bits per heavy atom. The van der Waals surface area contributed by atoms with E-state index in [1.807, 2.05) is 30.3 Å². The Hall–Kier alpha value is -2.19. The number of hydrogen-bond acceptors (Lipinski definition) is 5. The lowest BCUT2D eigenvalue weighted by molar-refractivity contribution is -0.118. The first kappa shape index (κ1) is 18.6. The van der Waals surface area contributed by atoms with Crippen LogP contribution in [0.2, 0.25) is 0 Å². The van der Waals surface area contributed by atoms with Crippen molar-refractivity contribution in [3.05, 3.63) is 65.7 Å². The van der Waals surface area contributed by atoms with E-state index in [1.165, 1.54) is 11.8 Å². The highest BCUT2D eigenvalue weighted by molar-refractivity contribution is 8.15. The fourth-order valence-electron chi connectivity index (χ4n) is 2.29. The van der Waals surface area contributed by atoms with Gasteiger partial charge in [0, 0.05) is 4.90 Å². The minimum Gasteiger partial charge on any atom is -0.303 e. The normalized spacial score (nSPS) is 18.8. The number of carbonyl (C=O) groups is 1. The van der Waals surface area contributed by atoms with Gasteiger partial charge in [-0.2, -0.15) is 13.9 Å². The SMILES string of the molecule is O=C1N/C(=N\N=Cc2ccccc2)SC1Cc1ccc(SC(F)F)cc1. The van der Waals surface area contributed by atoms with E-state index in [2.05, 4.69) is 15.5 Å². The van der Waals surface area contributed by atoms with Crippen LogP contribution in [0.3, 0.4) is 0 Å². The highest BCUT2D eigenvalue weighted by atomic mass is 32.2. The zero-order valence-electron chi connectivity index (χ0n) is 13.5. The quantitative estimate of drug-likeness (QED) is 0.457. The van der Waals surface area contributed by atoms with Crippen LogP contribution < -0.4 is 5.32 Å². The van der Waals surface area contributed by atoms with Gasteiger partial charge < -0.3 is 5.32 Å². The molecule has 1 aliphatic heterocycles. The predicted molar refractivity (Wildman–Crippen MR) is 103 cm³/mol. The lowest BCUT2D eigenvalue weighted by Crippen LogP contribution is -2.25. The predicted octanol–water partition coefficient (Wildman–Crippen LogP) is 4.17. The molecular formula is C18H15F2N3OS2. The molecule has 26 heavy (non-hydrogen) atoms. The molecule has 1 atom stereocenters. The van der Waals surface area contributed by atoms with Crippen molar-refractivity contribution in [3.63, 3.8) is 0 Å². The number of carbonyl (C=O) groups excluding carboxylic acids is 1. The van der Waals surface area contributed by atoms with Crippen LogP contribution >= 0.6 is 23.5 Å². The lowest BCUT2D eigenvalue weighted by Gasteiger charge is -2.06. The Labute approximate surface area is 158 Å². The molecule has 1 saturated heterocycles. The summed E-state index contributed by atoms with van der Waals surface area (Å²) in [4.78, 5) is 12.6. The van der Waals surface area contributed by atoms with E-state index in [4.69, 9.17) is 0 Å². The Balaban J connectivity index is 1.57. The van der Waals surface area contributed by atoms with E-state index >= 15 is 0 Å². The zero-order chi connectivity index (χ0) is 18.4. The number of alkyl halides is 2. The smallest absolute Gasteiger partial charge is 0.288 e. The molecule has 2 aromatic carbocycles. The fraction of sp³-hybridized carbons (Fsp3) is 0.167. The van der Waals surface area contributed by atoms with Gasteiger partial charge in [0.05, 0.1) is 11.5 Å². The van der Waals surface area contributed by atoms with Crippen molar-refractivity contribution < 1.29 is 13.6 Å². The maximum Gasteiger partial charge on any atom is 0.288 e. The molecule has 1 heterocycles. The number of thioether (sulfide) groups is 2. The Kier molecular flexibility index (Phi) is 6.40. The molecule has 3 rings (SSSR count). The van der Waals surface area contributed by atoms with Gasteiger partial charge in [-0.1, -0.05) is 66.0 Å². The van der Waals surface area contributed by atoms with Crippen LogP contribution in [-0.4, -0.2) is 28.3 Å². The van der Waals surface area contributed by atoms with Gasteiger partial charge in [0.2, 0.25) is 5.91 Å². The first-order valence-corrected chi connectivity index (χ1v) is 9.53. The molecule has 0 saturated carbocycles. The molecule has 2 aromatic rings. The van der Waals surface area contributed by atoms with Crippen molar-refractivity contribution in [1.29, 1.82) is 0 Å². The molecular weight excluding hydrogens is 376 g/mol. The van der Waals surface area contributed by atoms with Crippen LogP contribution in [0.15, 0.2) is 69.7 Å². The summed E-state index contributed by atoms with van der Waals surface area (Å²) in [7, 11) is 0. The summed E-state index contributed by atoms with van der Waals surface area (Å²) in [6.07, 6.45) is 2.12. The standard InChI is InChI=1S/C18H15F2N3OS2/c19-17(20)25-14-8-6-12(7-9-14)10-15-16(24)22-18(26-15)23-21-11-13-4-2-1-3-5-13/h1-9,11,15,17H,10H2,(H,22,23,24). The summed E-state index contributed by atoms with van der Waals surface area (Å²) < 4.78 is 24.7. The minimum atomic E-state index is -2.44. The molecule has 1 unspecified atom stereocenters. The molecule has 0 aliphatic carbocycles. The average Bonchev–Trinajstić information content (AvgIpc) is 2.97. The molecule has 0 bridgehead atoms. The van der Waals surface area contributed by atoms with Crippen LogP contribution in [-0.2, 0) is 11.2 Å². The Morgan fingerprint density at radius 3 is 2.58 bits per heavy atom. The molecule has 134 valence electrons. The topological polar surface area (TPSA) is 53.8 Å². The molecule has 1 N–H and O–H groups in total. The number of hydrogen-bond donors (Lipinski definition) is 1. The zero-order valence-corrected chi connectivity index (χ0v) is 15.1. The van der Waals surface area contributed by atoms with E-state index in [-0.39, 0.29) is 11.2 Å². The number of nitrogens with zero attached hydrogens (tertiary/aromatic N) is 2. The van der Waals surface area contributed by atoms with E-state index in [9.17, 15) is 13.6 Å². The van der Waals surface area contributed by atoms with Crippen molar-refractivity contribution in [1.82, 2.24) is 5.32 Å². The summed E-state index contributed by atoms with van der Waals surface area (Å²) >= 11 is 1.82. The molecule has 1 fully saturated rings. The molecule has 4 nitrogen and oxygen atoms in total. The fourth-order valence-corrected chi connectivity index (χ4v) is 3.76. The third-order valence-corrected chi connectivity index (χ3v) is 5.30. The van der Waals surface area contributed by atoms with Crippen LogP contribution in [0.25, 0.3) is 0 Å². The van der Waals surface area contributed by atoms with Crippen molar-refractivity contribution in [2.45, 2.75) is 22.3 Å². The van der Waals surface area contributed by atoms with Gasteiger partial charge in [0.25, 0.3) is 5.76 Å². The number of benzene rings is 2. The second kappa shape index (κ2) is 8.95. The second-order valence-corrected chi connectivity index (χ2v) is 7.64. The molecule has 0 aromatic heterocycles. The number of nitrogens with one attached hydrogen (secondary N) is 1. The van der Waals surface area contributed by atoms with Gasteiger partial charge in [-0.15, -0.1) is 5.10 Å². The van der Waals surface area contributed by atoms with Gasteiger partial charge in [-0.05, 0) is 29.7 Å². The number of rotatable bonds is 6. The largest absolute Gasteiger partial charge is 0.303 e. The van der Waals surface area contributed by atoms with Crippen LogP contribution in [0.5, 0.6) is 0 Å². The highest BCUT2D eigenvalue weighted by Gasteiger charge is 2.30. The number of amides is 1. The first-order valence-electron chi connectivity index (χ1n) is 7.77. The van der Waals surface area contributed by atoms with Gasteiger partial charge in [-0.25, -0.2) is 0 Å². The molecule has 0 radical (unpaired) electrons.